The largest absolute Gasteiger partial charge is 0.394 e. The maximum atomic E-state index is 14.3. The first kappa shape index (κ1) is 26.8. The van der Waals surface area contributed by atoms with E-state index in [1.807, 2.05) is 67.6 Å². The van der Waals surface area contributed by atoms with Gasteiger partial charge in [-0.2, -0.15) is 0 Å². The van der Waals surface area contributed by atoms with Crippen LogP contribution in [-0.2, 0) is 20.9 Å². The summed E-state index contributed by atoms with van der Waals surface area (Å²) in [6.07, 6.45) is 3.26. The number of benzene rings is 2. The van der Waals surface area contributed by atoms with Crippen LogP contribution in [-0.4, -0.2) is 56.4 Å². The summed E-state index contributed by atoms with van der Waals surface area (Å²) in [5.41, 5.74) is 1.78. The van der Waals surface area contributed by atoms with Gasteiger partial charge in [-0.1, -0.05) is 74.0 Å². The number of fused-ring (bicyclic) bond motifs is 1. The summed E-state index contributed by atoms with van der Waals surface area (Å²) < 4.78 is -0.686. The molecule has 7 atom stereocenters. The third kappa shape index (κ3) is 4.62. The lowest BCUT2D eigenvalue weighted by molar-refractivity contribution is -0.143. The number of amides is 3. The number of hydrogen-bond donors (Lipinski definition) is 3. The summed E-state index contributed by atoms with van der Waals surface area (Å²) in [6, 6.07) is 17.7. The van der Waals surface area contributed by atoms with Crippen molar-refractivity contribution in [1.82, 2.24) is 15.5 Å². The normalized spacial score (nSPS) is 29.1. The number of nitrogens with one attached hydrogen (secondary N) is 2. The van der Waals surface area contributed by atoms with E-state index >= 15 is 0 Å². The van der Waals surface area contributed by atoms with Gasteiger partial charge in [0.2, 0.25) is 17.7 Å². The number of likely N-dealkylation sites (tertiary alicyclic amines) is 1. The summed E-state index contributed by atoms with van der Waals surface area (Å²) >= 11 is 1.65. The number of nitrogens with zero attached hydrogens (tertiary/aromatic N) is 1. The molecule has 1 spiro atoms. The molecule has 3 saturated heterocycles. The molecule has 3 heterocycles. The lowest BCUT2D eigenvalue weighted by atomic mass is 9.70. The van der Waals surface area contributed by atoms with Crippen molar-refractivity contribution in [3.05, 3.63) is 71.8 Å². The standard InChI is InChI=1S/C30H37N3O4S/c1-3-10-19(2)32-28(36)26-30-16-15-23(38-30)24(27(35)31-17-20-11-6-4-7-12-20)25(30)29(37)33(26)22(18-34)21-13-8-5-9-14-21/h4-9,11-14,19,22-26,34H,3,10,15-18H2,1-2H3,(H,31,35)(H,32,36)/t19?,22-,23-,24+,25+,26?,30?/m1/s1. The van der Waals surface area contributed by atoms with Crippen LogP contribution in [0.3, 0.4) is 0 Å². The molecule has 8 heteroatoms. The van der Waals surface area contributed by atoms with E-state index in [-0.39, 0.29) is 35.6 Å². The number of aliphatic hydroxyl groups excluding tert-OH is 1. The number of aliphatic hydroxyl groups is 1. The molecule has 5 rings (SSSR count). The molecular formula is C30H37N3O4S. The van der Waals surface area contributed by atoms with E-state index in [1.54, 1.807) is 16.7 Å². The summed E-state index contributed by atoms with van der Waals surface area (Å²) in [6.45, 7) is 4.16. The van der Waals surface area contributed by atoms with E-state index in [0.717, 1.165) is 30.4 Å². The Morgan fingerprint density at radius 3 is 2.45 bits per heavy atom. The van der Waals surface area contributed by atoms with Crippen LogP contribution < -0.4 is 10.6 Å². The average Bonchev–Trinajstić information content (AvgIpc) is 3.57. The highest BCUT2D eigenvalue weighted by molar-refractivity contribution is 8.02. The summed E-state index contributed by atoms with van der Waals surface area (Å²) in [4.78, 5) is 43.5. The van der Waals surface area contributed by atoms with E-state index in [2.05, 4.69) is 17.6 Å². The average molecular weight is 536 g/mol. The second-order valence-electron chi connectivity index (χ2n) is 10.8. The van der Waals surface area contributed by atoms with E-state index in [9.17, 15) is 19.5 Å². The SMILES string of the molecule is CCCC(C)NC(=O)C1N([C@H](CO)c2ccccc2)C(=O)[C@@H]2[C@@H](C(=O)NCc3ccccc3)[C@H]3CCC12S3. The van der Waals surface area contributed by atoms with Crippen LogP contribution in [0.5, 0.6) is 0 Å². The Hall–Kier alpha value is -2.84. The van der Waals surface area contributed by atoms with Crippen LogP contribution in [0, 0.1) is 11.8 Å². The fourth-order valence-corrected chi connectivity index (χ4v) is 8.99. The van der Waals surface area contributed by atoms with Crippen molar-refractivity contribution in [3.8, 4) is 0 Å². The number of carbonyl (C=O) groups is 3. The molecular weight excluding hydrogens is 498 g/mol. The number of rotatable bonds is 10. The molecule has 3 N–H and O–H groups in total. The van der Waals surface area contributed by atoms with Crippen molar-refractivity contribution >= 4 is 29.5 Å². The fourth-order valence-electron chi connectivity index (χ4n) is 6.79. The molecule has 2 aromatic carbocycles. The number of carbonyl (C=O) groups excluding carboxylic acids is 3. The van der Waals surface area contributed by atoms with Crippen molar-refractivity contribution in [2.45, 2.75) is 74.2 Å². The molecule has 3 aliphatic rings. The van der Waals surface area contributed by atoms with Crippen LogP contribution >= 0.6 is 11.8 Å². The molecule has 0 aliphatic carbocycles. The smallest absolute Gasteiger partial charge is 0.244 e. The highest BCUT2D eigenvalue weighted by atomic mass is 32.2. The Morgan fingerprint density at radius 2 is 1.79 bits per heavy atom. The quantitative estimate of drug-likeness (QED) is 0.433. The van der Waals surface area contributed by atoms with Crippen molar-refractivity contribution < 1.29 is 19.5 Å². The molecule has 2 aromatic rings. The zero-order chi connectivity index (χ0) is 26.9. The van der Waals surface area contributed by atoms with Gasteiger partial charge in [0.15, 0.2) is 0 Å². The predicted molar refractivity (Wildman–Crippen MR) is 148 cm³/mol. The number of thioether (sulfide) groups is 1. The molecule has 3 unspecified atom stereocenters. The van der Waals surface area contributed by atoms with Crippen LogP contribution in [0.15, 0.2) is 60.7 Å². The first-order chi connectivity index (χ1) is 18.4. The van der Waals surface area contributed by atoms with Gasteiger partial charge in [0, 0.05) is 17.8 Å². The third-order valence-corrected chi connectivity index (χ3v) is 10.4. The Morgan fingerprint density at radius 1 is 1.11 bits per heavy atom. The van der Waals surface area contributed by atoms with Gasteiger partial charge in [-0.3, -0.25) is 14.4 Å². The molecule has 0 radical (unpaired) electrons. The second-order valence-corrected chi connectivity index (χ2v) is 12.4. The van der Waals surface area contributed by atoms with Gasteiger partial charge in [-0.25, -0.2) is 0 Å². The highest BCUT2D eigenvalue weighted by Crippen LogP contribution is 2.67. The van der Waals surface area contributed by atoms with Gasteiger partial charge in [-0.05, 0) is 37.3 Å². The van der Waals surface area contributed by atoms with Gasteiger partial charge in [0.1, 0.15) is 6.04 Å². The fraction of sp³-hybridized carbons (Fsp3) is 0.500. The Labute approximate surface area is 228 Å². The van der Waals surface area contributed by atoms with Gasteiger partial charge in [0.05, 0.1) is 29.2 Å². The molecule has 3 amide bonds. The van der Waals surface area contributed by atoms with Crippen LogP contribution in [0.2, 0.25) is 0 Å². The first-order valence-corrected chi connectivity index (χ1v) is 14.6. The van der Waals surface area contributed by atoms with E-state index in [4.69, 9.17) is 0 Å². The molecule has 0 aromatic heterocycles. The van der Waals surface area contributed by atoms with Crippen molar-refractivity contribution in [2.24, 2.45) is 11.8 Å². The van der Waals surface area contributed by atoms with E-state index in [0.29, 0.717) is 13.0 Å². The van der Waals surface area contributed by atoms with Gasteiger partial charge < -0.3 is 20.6 Å². The number of hydrogen-bond acceptors (Lipinski definition) is 5. The lowest BCUT2D eigenvalue weighted by Crippen LogP contribution is -2.56. The van der Waals surface area contributed by atoms with Gasteiger partial charge in [-0.15, -0.1) is 11.8 Å². The first-order valence-electron chi connectivity index (χ1n) is 13.7. The second kappa shape index (κ2) is 11.1. The molecule has 2 bridgehead atoms. The van der Waals surface area contributed by atoms with E-state index < -0.39 is 28.7 Å². The summed E-state index contributed by atoms with van der Waals surface area (Å²) in [7, 11) is 0. The molecule has 38 heavy (non-hydrogen) atoms. The zero-order valence-corrected chi connectivity index (χ0v) is 22.8. The zero-order valence-electron chi connectivity index (χ0n) is 22.0. The van der Waals surface area contributed by atoms with Gasteiger partial charge >= 0.3 is 0 Å². The third-order valence-electron chi connectivity index (χ3n) is 8.40. The van der Waals surface area contributed by atoms with Crippen molar-refractivity contribution in [3.63, 3.8) is 0 Å². The topological polar surface area (TPSA) is 98.7 Å². The molecule has 3 fully saturated rings. The minimum atomic E-state index is -0.751. The Balaban J connectivity index is 1.49. The van der Waals surface area contributed by atoms with Gasteiger partial charge in [0.25, 0.3) is 0 Å². The summed E-state index contributed by atoms with van der Waals surface area (Å²) in [5.74, 6) is -1.63. The van der Waals surface area contributed by atoms with E-state index in [1.165, 1.54) is 0 Å². The van der Waals surface area contributed by atoms with Crippen molar-refractivity contribution in [2.75, 3.05) is 6.61 Å². The minimum Gasteiger partial charge on any atom is -0.394 e. The summed E-state index contributed by atoms with van der Waals surface area (Å²) in [5, 5.41) is 16.7. The van der Waals surface area contributed by atoms with Crippen LogP contribution in [0.25, 0.3) is 0 Å². The minimum absolute atomic E-state index is 0.00506. The monoisotopic (exact) mass is 535 g/mol. The Kier molecular flexibility index (Phi) is 7.82. The lowest BCUT2D eigenvalue weighted by Gasteiger charge is -2.37. The molecule has 0 saturated carbocycles. The maximum absolute atomic E-state index is 14.3. The van der Waals surface area contributed by atoms with Crippen LogP contribution in [0.4, 0.5) is 0 Å². The predicted octanol–water partition coefficient (Wildman–Crippen LogP) is 3.43. The highest BCUT2D eigenvalue weighted by Gasteiger charge is 2.74. The Bertz CT molecular complexity index is 1160. The molecule has 202 valence electrons. The maximum Gasteiger partial charge on any atom is 0.244 e. The molecule has 7 nitrogen and oxygen atoms in total. The van der Waals surface area contributed by atoms with Crippen LogP contribution in [0.1, 0.15) is 56.7 Å². The molecule has 3 aliphatic heterocycles. The van der Waals surface area contributed by atoms with Crippen molar-refractivity contribution in [1.29, 1.82) is 0 Å².